The van der Waals surface area contributed by atoms with Gasteiger partial charge in [0.1, 0.15) is 23.9 Å². The molecular formula is C51H41Cl3N8O6. The van der Waals surface area contributed by atoms with E-state index in [2.05, 4.69) is 16.5 Å². The summed E-state index contributed by atoms with van der Waals surface area (Å²) in [6, 6.07) is 29.9. The van der Waals surface area contributed by atoms with Gasteiger partial charge in [0.15, 0.2) is 0 Å². The summed E-state index contributed by atoms with van der Waals surface area (Å²) in [5.41, 5.74) is 4.60. The van der Waals surface area contributed by atoms with E-state index in [0.717, 1.165) is 5.56 Å². The number of fused-ring (bicyclic) bond motifs is 2. The van der Waals surface area contributed by atoms with Gasteiger partial charge in [0.2, 0.25) is 11.8 Å². The molecule has 2 amide bonds. The lowest BCUT2D eigenvalue weighted by Gasteiger charge is -2.17. The average Bonchev–Trinajstić information content (AvgIpc) is 4.16. The second-order valence-corrected chi connectivity index (χ2v) is 17.7. The van der Waals surface area contributed by atoms with Crippen molar-refractivity contribution >= 4 is 74.4 Å². The Hall–Kier alpha value is -7.39. The number of pyridine rings is 2. The summed E-state index contributed by atoms with van der Waals surface area (Å²) in [6.07, 6.45) is 10.4. The van der Waals surface area contributed by atoms with Crippen molar-refractivity contribution in [2.45, 2.75) is 31.5 Å². The third-order valence-corrected chi connectivity index (χ3v) is 13.4. The summed E-state index contributed by atoms with van der Waals surface area (Å²) in [6.45, 7) is 5.46. The first kappa shape index (κ1) is 44.4. The Bertz CT molecular complexity index is 3420. The lowest BCUT2D eigenvalue weighted by atomic mass is 10.1. The van der Waals surface area contributed by atoms with Crippen molar-refractivity contribution in [3.63, 3.8) is 0 Å². The summed E-state index contributed by atoms with van der Waals surface area (Å²) in [5.74, 6) is 0.558. The molecule has 0 bridgehead atoms. The van der Waals surface area contributed by atoms with Crippen LogP contribution in [-0.2, 0) is 16.2 Å². The van der Waals surface area contributed by atoms with Crippen molar-refractivity contribution in [2.24, 2.45) is 0 Å². The molecule has 0 unspecified atom stereocenters. The zero-order chi connectivity index (χ0) is 47.1. The van der Waals surface area contributed by atoms with Crippen molar-refractivity contribution in [1.29, 1.82) is 0 Å². The van der Waals surface area contributed by atoms with E-state index in [4.69, 9.17) is 44.3 Å². The molecule has 2 aliphatic heterocycles. The molecule has 14 nitrogen and oxygen atoms in total. The summed E-state index contributed by atoms with van der Waals surface area (Å²) in [7, 11) is 0. The summed E-state index contributed by atoms with van der Waals surface area (Å²) in [4.78, 5) is 67.2. The number of likely N-dealkylation sites (tertiary alicyclic amines) is 2. The molecule has 0 saturated carbocycles. The number of imidazole rings is 2. The van der Waals surface area contributed by atoms with Gasteiger partial charge >= 0.3 is 11.4 Å². The van der Waals surface area contributed by atoms with Crippen molar-refractivity contribution in [1.82, 2.24) is 38.0 Å². The van der Waals surface area contributed by atoms with E-state index >= 15 is 0 Å². The molecule has 2 aliphatic rings. The van der Waals surface area contributed by atoms with Gasteiger partial charge in [-0.2, -0.15) is 0 Å². The third kappa shape index (κ3) is 8.46. The Morgan fingerprint density at radius 3 is 1.87 bits per heavy atom. The maximum Gasteiger partial charge on any atom is 0.334 e. The second kappa shape index (κ2) is 18.7. The van der Waals surface area contributed by atoms with Crippen LogP contribution in [0.4, 0.5) is 0 Å². The molecular weight excluding hydrogens is 927 g/mol. The Kier molecular flexibility index (Phi) is 12.2. The lowest BCUT2D eigenvalue weighted by Crippen LogP contribution is -2.31. The molecule has 2 saturated heterocycles. The molecule has 68 heavy (non-hydrogen) atoms. The van der Waals surface area contributed by atoms with Crippen LogP contribution >= 0.6 is 34.8 Å². The normalized spacial score (nSPS) is 16.2. The number of hydrogen-bond donors (Lipinski definition) is 0. The predicted octanol–water partition coefficient (Wildman–Crippen LogP) is 9.08. The molecule has 2 atom stereocenters. The number of aromatic nitrogens is 6. The Labute approximate surface area is 404 Å². The number of amides is 2. The number of carbonyl (C=O) groups excluding carboxylic acids is 2. The number of ether oxygens (including phenoxy) is 2. The van der Waals surface area contributed by atoms with Gasteiger partial charge in [-0.05, 0) is 97.3 Å². The van der Waals surface area contributed by atoms with E-state index in [0.29, 0.717) is 99.6 Å². The largest absolute Gasteiger partial charge is 0.487 e. The molecule has 8 aromatic rings. The molecule has 17 heteroatoms. The van der Waals surface area contributed by atoms with Gasteiger partial charge in [-0.25, -0.2) is 9.59 Å². The van der Waals surface area contributed by atoms with E-state index in [-0.39, 0.29) is 52.6 Å². The summed E-state index contributed by atoms with van der Waals surface area (Å²) in [5, 5.41) is 0.953. The van der Waals surface area contributed by atoms with Crippen molar-refractivity contribution in [2.75, 3.05) is 26.2 Å². The van der Waals surface area contributed by atoms with Crippen molar-refractivity contribution in [3.05, 3.63) is 194 Å². The highest BCUT2D eigenvalue weighted by Crippen LogP contribution is 2.33. The van der Waals surface area contributed by atoms with Gasteiger partial charge in [0, 0.05) is 50.2 Å². The zero-order valence-corrected chi connectivity index (χ0v) is 38.5. The number of benzene rings is 4. The van der Waals surface area contributed by atoms with Crippen LogP contribution < -0.4 is 20.9 Å². The van der Waals surface area contributed by atoms with Crippen LogP contribution in [-0.4, -0.2) is 76.0 Å². The van der Waals surface area contributed by atoms with Gasteiger partial charge < -0.3 is 19.3 Å². The quantitative estimate of drug-likeness (QED) is 0.0874. The molecule has 10 rings (SSSR count). The smallest absolute Gasteiger partial charge is 0.334 e. The minimum absolute atomic E-state index is 0.173. The molecule has 4 aromatic heterocycles. The SMILES string of the molecule is C=CC(=O)N1CC[C@@H](n2c(=O)n(-c3ccc(OC(=CC(=O)N4CC[C@@H](n5c(=O)n(-c6ccc(OCc7ccccc7)c(Cl)c6)c6cnccc65)C4)c4ccc(Cl)c(Cl)c4)cc3)c3cnccc32)C1. The van der Waals surface area contributed by atoms with Gasteiger partial charge in [-0.3, -0.25) is 37.8 Å². The van der Waals surface area contributed by atoms with E-state index in [1.54, 1.807) is 126 Å². The first-order valence-corrected chi connectivity index (χ1v) is 23.0. The monoisotopic (exact) mass is 966 g/mol. The third-order valence-electron chi connectivity index (χ3n) is 12.4. The van der Waals surface area contributed by atoms with Gasteiger partial charge in [0.25, 0.3) is 0 Å². The Morgan fingerprint density at radius 1 is 0.662 bits per heavy atom. The topological polar surface area (TPSA) is 139 Å². The Morgan fingerprint density at radius 2 is 1.26 bits per heavy atom. The van der Waals surface area contributed by atoms with Crippen LogP contribution in [0.1, 0.15) is 36.1 Å². The van der Waals surface area contributed by atoms with Crippen LogP contribution in [0, 0.1) is 0 Å². The maximum atomic E-state index is 14.4. The van der Waals surface area contributed by atoms with Crippen LogP contribution in [0.15, 0.2) is 156 Å². The molecule has 0 N–H and O–H groups in total. The fraction of sp³-hybridized carbons (Fsp3) is 0.176. The van der Waals surface area contributed by atoms with Crippen LogP contribution in [0.25, 0.3) is 39.2 Å². The maximum absolute atomic E-state index is 14.4. The van der Waals surface area contributed by atoms with Gasteiger partial charge in [0.05, 0.1) is 73.0 Å². The molecule has 6 heterocycles. The molecule has 4 aromatic carbocycles. The Balaban J connectivity index is 0.906. The zero-order valence-electron chi connectivity index (χ0n) is 36.3. The fourth-order valence-electron chi connectivity index (χ4n) is 9.07. The number of nitrogens with zero attached hydrogens (tertiary/aromatic N) is 8. The van der Waals surface area contributed by atoms with Crippen LogP contribution in [0.2, 0.25) is 15.1 Å². The minimum atomic E-state index is -0.358. The van der Waals surface area contributed by atoms with Crippen LogP contribution in [0.5, 0.6) is 11.5 Å². The minimum Gasteiger partial charge on any atom is -0.487 e. The number of carbonyl (C=O) groups is 2. The van der Waals surface area contributed by atoms with E-state index < -0.39 is 0 Å². The summed E-state index contributed by atoms with van der Waals surface area (Å²) < 4.78 is 19.0. The average molecular weight is 968 g/mol. The predicted molar refractivity (Wildman–Crippen MR) is 262 cm³/mol. The number of rotatable bonds is 12. The molecule has 0 radical (unpaired) electrons. The highest BCUT2D eigenvalue weighted by molar-refractivity contribution is 6.42. The standard InChI is InChI=1S/C51H41Cl3N8O6/c1-2-48(63)57-22-18-36(29-57)61-42-16-20-55-27-44(42)59(50(61)65)34-9-12-38(13-10-34)68-47(33-8-14-39(52)40(53)24-33)26-49(64)58-23-19-37(30-58)62-43-17-21-56-28-45(43)60(51(62)66)35-11-15-46(41(54)25-35)67-31-32-6-4-3-5-7-32/h2-17,20-21,24-28,36-37H,1,18-19,22-23,29-31H2/t36-,37-/m1/s1. The first-order chi connectivity index (χ1) is 33.1. The summed E-state index contributed by atoms with van der Waals surface area (Å²) >= 11 is 19.5. The highest BCUT2D eigenvalue weighted by atomic mass is 35.5. The molecule has 2 fully saturated rings. The van der Waals surface area contributed by atoms with E-state index in [1.165, 1.54) is 12.2 Å². The lowest BCUT2D eigenvalue weighted by molar-refractivity contribution is -0.125. The highest BCUT2D eigenvalue weighted by Gasteiger charge is 2.32. The van der Waals surface area contributed by atoms with Gasteiger partial charge in [-0.1, -0.05) is 71.7 Å². The van der Waals surface area contributed by atoms with Crippen molar-refractivity contribution in [3.8, 4) is 22.9 Å². The van der Waals surface area contributed by atoms with Gasteiger partial charge in [-0.15, -0.1) is 0 Å². The fourth-order valence-corrected chi connectivity index (χ4v) is 9.60. The second-order valence-electron chi connectivity index (χ2n) is 16.5. The van der Waals surface area contributed by atoms with Crippen molar-refractivity contribution < 1.29 is 19.1 Å². The first-order valence-electron chi connectivity index (χ1n) is 21.8. The molecule has 0 spiro atoms. The molecule has 342 valence electrons. The van der Waals surface area contributed by atoms with E-state index in [9.17, 15) is 19.2 Å². The van der Waals surface area contributed by atoms with Crippen LogP contribution in [0.3, 0.4) is 0 Å². The number of hydrogen-bond acceptors (Lipinski definition) is 8. The number of halogens is 3. The van der Waals surface area contributed by atoms with E-state index in [1.807, 2.05) is 30.3 Å². The molecule has 0 aliphatic carbocycles.